The molecule has 0 bridgehead atoms. The van der Waals surface area contributed by atoms with Crippen LogP contribution in [0.1, 0.15) is 25.5 Å². The van der Waals surface area contributed by atoms with Gasteiger partial charge in [-0.05, 0) is 23.2 Å². The standard InChI is InChI=1S/C13H15N2.2BrH/c1-11(2)12-7-4-6-10-15(12)13-8-3-5-9-14-13;;/h3-11H,1-2H3;2*1H/q+1;;/p-1. The van der Waals surface area contributed by atoms with Crippen molar-refractivity contribution in [2.24, 2.45) is 0 Å². The van der Waals surface area contributed by atoms with Crippen LogP contribution in [0.3, 0.4) is 0 Å². The van der Waals surface area contributed by atoms with E-state index >= 15 is 0 Å². The Hall–Kier alpha value is -0.740. The second kappa shape index (κ2) is 7.56. The van der Waals surface area contributed by atoms with Crippen molar-refractivity contribution in [1.82, 2.24) is 4.98 Å². The quantitative estimate of drug-likeness (QED) is 0.693. The van der Waals surface area contributed by atoms with Gasteiger partial charge in [0.15, 0.2) is 0 Å². The summed E-state index contributed by atoms with van der Waals surface area (Å²) in [5.74, 6) is 1.47. The van der Waals surface area contributed by atoms with E-state index < -0.39 is 0 Å². The van der Waals surface area contributed by atoms with E-state index in [4.69, 9.17) is 0 Å². The molecule has 2 aromatic rings. The lowest BCUT2D eigenvalue weighted by Gasteiger charge is -2.07. The molecule has 92 valence electrons. The summed E-state index contributed by atoms with van der Waals surface area (Å²) in [6, 6.07) is 12.2. The first-order chi connectivity index (χ1) is 7.29. The topological polar surface area (TPSA) is 16.8 Å². The van der Waals surface area contributed by atoms with Gasteiger partial charge in [0.25, 0.3) is 0 Å². The van der Waals surface area contributed by atoms with E-state index in [1.54, 1.807) is 0 Å². The molecule has 0 aliphatic rings. The molecule has 0 radical (unpaired) electrons. The Morgan fingerprint density at radius 3 is 2.35 bits per heavy atom. The molecule has 0 aliphatic heterocycles. The normalized spacial score (nSPS) is 9.35. The number of hydrogen-bond donors (Lipinski definition) is 0. The molecule has 17 heavy (non-hydrogen) atoms. The predicted molar refractivity (Wildman–Crippen MR) is 70.2 cm³/mol. The van der Waals surface area contributed by atoms with Crippen LogP contribution in [0.15, 0.2) is 48.8 Å². The molecular formula is C13H16Br2N2. The molecule has 0 aromatic carbocycles. The third-order valence-electron chi connectivity index (χ3n) is 2.38. The highest BCUT2D eigenvalue weighted by atomic mass is 79.9. The minimum atomic E-state index is 0. The molecule has 0 saturated carbocycles. The molecule has 0 aliphatic carbocycles. The lowest BCUT2D eigenvalue weighted by molar-refractivity contribution is -0.609. The minimum absolute atomic E-state index is 0. The van der Waals surface area contributed by atoms with Crippen molar-refractivity contribution in [1.29, 1.82) is 0 Å². The molecule has 2 aromatic heterocycles. The molecule has 2 heterocycles. The van der Waals surface area contributed by atoms with Crippen LogP contribution in [0.5, 0.6) is 0 Å². The monoisotopic (exact) mass is 358 g/mol. The summed E-state index contributed by atoms with van der Waals surface area (Å²) in [6.07, 6.45) is 3.87. The van der Waals surface area contributed by atoms with Crippen molar-refractivity contribution < 1.29 is 21.5 Å². The van der Waals surface area contributed by atoms with E-state index in [9.17, 15) is 0 Å². The van der Waals surface area contributed by atoms with E-state index in [-0.39, 0.29) is 34.0 Å². The van der Waals surface area contributed by atoms with Crippen molar-refractivity contribution in [2.45, 2.75) is 19.8 Å². The van der Waals surface area contributed by atoms with Crippen LogP contribution in [0.4, 0.5) is 0 Å². The van der Waals surface area contributed by atoms with Gasteiger partial charge in [-0.15, -0.1) is 17.0 Å². The highest BCUT2D eigenvalue weighted by Gasteiger charge is 2.13. The molecular weight excluding hydrogens is 344 g/mol. The van der Waals surface area contributed by atoms with E-state index in [2.05, 4.69) is 41.7 Å². The van der Waals surface area contributed by atoms with Gasteiger partial charge in [0.1, 0.15) is 11.9 Å². The zero-order valence-corrected chi connectivity index (χ0v) is 13.2. The number of hydrogen-bond acceptors (Lipinski definition) is 1. The summed E-state index contributed by atoms with van der Waals surface area (Å²) in [4.78, 5) is 4.36. The molecule has 2 nitrogen and oxygen atoms in total. The zero-order chi connectivity index (χ0) is 10.7. The van der Waals surface area contributed by atoms with Crippen LogP contribution < -0.4 is 21.5 Å². The lowest BCUT2D eigenvalue weighted by atomic mass is 10.1. The van der Waals surface area contributed by atoms with Gasteiger partial charge < -0.3 is 17.0 Å². The van der Waals surface area contributed by atoms with Crippen molar-refractivity contribution in [2.75, 3.05) is 0 Å². The largest absolute Gasteiger partial charge is 1.00 e. The molecule has 0 saturated heterocycles. The summed E-state index contributed by atoms with van der Waals surface area (Å²) in [5, 5.41) is 0. The molecule has 0 fully saturated rings. The highest BCUT2D eigenvalue weighted by Crippen LogP contribution is 2.09. The van der Waals surface area contributed by atoms with Gasteiger partial charge in [-0.3, -0.25) is 0 Å². The Morgan fingerprint density at radius 2 is 1.76 bits per heavy atom. The lowest BCUT2D eigenvalue weighted by Crippen LogP contribution is -3.00. The van der Waals surface area contributed by atoms with E-state index in [1.807, 2.05) is 30.5 Å². The molecule has 0 atom stereocenters. The highest BCUT2D eigenvalue weighted by molar-refractivity contribution is 8.93. The Labute approximate surface area is 123 Å². The van der Waals surface area contributed by atoms with Crippen LogP contribution in [0.25, 0.3) is 5.82 Å². The van der Waals surface area contributed by atoms with Gasteiger partial charge in [-0.1, -0.05) is 26.0 Å². The molecule has 0 spiro atoms. The van der Waals surface area contributed by atoms with Crippen LogP contribution in [-0.4, -0.2) is 4.98 Å². The maximum Gasteiger partial charge on any atom is 0.327 e. The first-order valence-electron chi connectivity index (χ1n) is 5.21. The number of halogens is 2. The van der Waals surface area contributed by atoms with Gasteiger partial charge in [-0.25, -0.2) is 4.57 Å². The van der Waals surface area contributed by atoms with Crippen molar-refractivity contribution >= 4 is 17.0 Å². The third-order valence-corrected chi connectivity index (χ3v) is 2.38. The number of aromatic nitrogens is 2. The van der Waals surface area contributed by atoms with Crippen LogP contribution in [0, 0.1) is 0 Å². The summed E-state index contributed by atoms with van der Waals surface area (Å²) in [6.45, 7) is 4.38. The fourth-order valence-corrected chi connectivity index (χ4v) is 1.63. The molecule has 0 N–H and O–H groups in total. The fourth-order valence-electron chi connectivity index (χ4n) is 1.63. The van der Waals surface area contributed by atoms with Crippen molar-refractivity contribution in [3.05, 3.63) is 54.5 Å². The number of nitrogens with zero attached hydrogens (tertiary/aromatic N) is 2. The van der Waals surface area contributed by atoms with Crippen LogP contribution in [0.2, 0.25) is 0 Å². The Bertz CT molecular complexity index is 444. The average Bonchev–Trinajstić information content (AvgIpc) is 2.30. The van der Waals surface area contributed by atoms with Gasteiger partial charge in [-0.2, -0.15) is 0 Å². The average molecular weight is 360 g/mol. The summed E-state index contributed by atoms with van der Waals surface area (Å²) in [7, 11) is 0. The summed E-state index contributed by atoms with van der Waals surface area (Å²) >= 11 is 0. The fraction of sp³-hybridized carbons (Fsp3) is 0.231. The number of pyridine rings is 2. The Kier molecular flexibility index (Phi) is 7.23. The second-order valence-corrected chi connectivity index (χ2v) is 3.84. The maximum absolute atomic E-state index is 4.36. The molecule has 0 unspecified atom stereocenters. The first-order valence-corrected chi connectivity index (χ1v) is 5.21. The smallest absolute Gasteiger partial charge is 0.327 e. The van der Waals surface area contributed by atoms with E-state index in [1.165, 1.54) is 5.69 Å². The van der Waals surface area contributed by atoms with Gasteiger partial charge in [0.2, 0.25) is 0 Å². The SMILES string of the molecule is Br.CC(C)c1cccc[n+]1-c1ccccn1.[Br-]. The van der Waals surface area contributed by atoms with Crippen molar-refractivity contribution in [3.8, 4) is 5.82 Å². The summed E-state index contributed by atoms with van der Waals surface area (Å²) in [5.41, 5.74) is 1.27. The van der Waals surface area contributed by atoms with E-state index in [0.717, 1.165) is 5.82 Å². The number of rotatable bonds is 2. The predicted octanol–water partition coefficient (Wildman–Crippen LogP) is 0.0636. The van der Waals surface area contributed by atoms with Crippen molar-refractivity contribution in [3.63, 3.8) is 0 Å². The van der Waals surface area contributed by atoms with Gasteiger partial charge >= 0.3 is 5.82 Å². The third kappa shape index (κ3) is 3.89. The molecule has 4 heteroatoms. The molecule has 2 rings (SSSR count). The van der Waals surface area contributed by atoms with E-state index in [0.29, 0.717) is 5.92 Å². The summed E-state index contributed by atoms with van der Waals surface area (Å²) < 4.78 is 2.13. The zero-order valence-electron chi connectivity index (χ0n) is 9.88. The Balaban J connectivity index is 0.00000128. The Morgan fingerprint density at radius 1 is 1.06 bits per heavy atom. The van der Waals surface area contributed by atoms with Gasteiger partial charge in [0, 0.05) is 12.0 Å². The van der Waals surface area contributed by atoms with Gasteiger partial charge in [0.05, 0.1) is 6.20 Å². The minimum Gasteiger partial charge on any atom is -1.00 e. The second-order valence-electron chi connectivity index (χ2n) is 3.84. The molecule has 0 amide bonds. The first kappa shape index (κ1) is 16.3. The maximum atomic E-state index is 4.36. The van der Waals surface area contributed by atoms with Crippen LogP contribution in [-0.2, 0) is 0 Å². The van der Waals surface area contributed by atoms with Crippen LogP contribution >= 0.6 is 17.0 Å².